The van der Waals surface area contributed by atoms with Crippen LogP contribution in [0, 0.1) is 5.41 Å². The number of carbonyl (C=O) groups is 2. The van der Waals surface area contributed by atoms with E-state index in [0.717, 1.165) is 19.4 Å². The molecule has 2 heterocycles. The van der Waals surface area contributed by atoms with Gasteiger partial charge < -0.3 is 20.3 Å². The van der Waals surface area contributed by atoms with Crippen LogP contribution in [0.1, 0.15) is 37.2 Å². The molecule has 7 heteroatoms. The molecule has 7 nitrogen and oxygen atoms in total. The molecule has 1 saturated heterocycles. The summed E-state index contributed by atoms with van der Waals surface area (Å²) < 4.78 is 1.66. The highest BCUT2D eigenvalue weighted by atomic mass is 16.4. The third kappa shape index (κ3) is 3.81. The minimum absolute atomic E-state index is 0.00160. The molecule has 0 saturated carbocycles. The van der Waals surface area contributed by atoms with Crippen molar-refractivity contribution < 1.29 is 14.7 Å². The number of nitrogens with one attached hydrogen (secondary N) is 2. The van der Waals surface area contributed by atoms with Crippen molar-refractivity contribution in [1.82, 2.24) is 20.2 Å². The summed E-state index contributed by atoms with van der Waals surface area (Å²) in [6.07, 6.45) is 5.03. The molecule has 0 aliphatic carbocycles. The lowest BCUT2D eigenvalue weighted by molar-refractivity contribution is -0.126. The van der Waals surface area contributed by atoms with Crippen molar-refractivity contribution in [1.29, 1.82) is 0 Å². The molecule has 0 bridgehead atoms. The molecular weight excluding hydrogens is 272 g/mol. The van der Waals surface area contributed by atoms with Gasteiger partial charge in [-0.2, -0.15) is 0 Å². The number of carboxylic acids is 1. The average molecular weight is 294 g/mol. The highest BCUT2D eigenvalue weighted by molar-refractivity contribution is 5.85. The Morgan fingerprint density at radius 1 is 1.57 bits per heavy atom. The summed E-state index contributed by atoms with van der Waals surface area (Å²) >= 11 is 0. The largest absolute Gasteiger partial charge is 0.476 e. The topological polar surface area (TPSA) is 96.3 Å². The number of imidazole rings is 1. The molecule has 2 rings (SSSR count). The van der Waals surface area contributed by atoms with Gasteiger partial charge in [0.2, 0.25) is 5.91 Å². The Hall–Kier alpha value is -1.89. The molecule has 1 fully saturated rings. The van der Waals surface area contributed by atoms with Gasteiger partial charge in [0.05, 0.1) is 12.4 Å². The summed E-state index contributed by atoms with van der Waals surface area (Å²) in [5.74, 6) is -1.05. The quantitative estimate of drug-likeness (QED) is 0.734. The third-order valence-corrected chi connectivity index (χ3v) is 3.91. The maximum atomic E-state index is 12.2. The minimum Gasteiger partial charge on any atom is -0.476 e. The van der Waals surface area contributed by atoms with Crippen molar-refractivity contribution in [2.24, 2.45) is 5.41 Å². The number of aromatic nitrogens is 2. The van der Waals surface area contributed by atoms with E-state index in [4.69, 9.17) is 5.11 Å². The molecule has 0 radical (unpaired) electrons. The molecule has 1 aliphatic rings. The highest BCUT2D eigenvalue weighted by Gasteiger charge is 2.36. The first-order valence-corrected chi connectivity index (χ1v) is 7.16. The van der Waals surface area contributed by atoms with E-state index in [2.05, 4.69) is 29.5 Å². The highest BCUT2D eigenvalue weighted by Crippen LogP contribution is 2.29. The zero-order chi connectivity index (χ0) is 15.5. The molecule has 1 aromatic rings. The Morgan fingerprint density at radius 3 is 2.95 bits per heavy atom. The van der Waals surface area contributed by atoms with Gasteiger partial charge in [0, 0.05) is 19.3 Å². The van der Waals surface area contributed by atoms with Crippen LogP contribution < -0.4 is 10.6 Å². The number of hydrogen-bond donors (Lipinski definition) is 3. The smallest absolute Gasteiger partial charge is 0.356 e. The number of rotatable bonds is 5. The van der Waals surface area contributed by atoms with Crippen molar-refractivity contribution in [3.63, 3.8) is 0 Å². The van der Waals surface area contributed by atoms with Crippen molar-refractivity contribution in [2.75, 3.05) is 13.1 Å². The first-order chi connectivity index (χ1) is 9.90. The van der Waals surface area contributed by atoms with Crippen LogP contribution >= 0.6 is 0 Å². The predicted octanol–water partition coefficient (Wildman–Crippen LogP) is 0.476. The molecule has 1 aromatic heterocycles. The van der Waals surface area contributed by atoms with Gasteiger partial charge in [-0.15, -0.1) is 0 Å². The van der Waals surface area contributed by atoms with E-state index in [1.807, 2.05) is 0 Å². The molecule has 116 valence electrons. The number of piperidine rings is 1. The Balaban J connectivity index is 1.82. The van der Waals surface area contributed by atoms with Crippen molar-refractivity contribution in [3.05, 3.63) is 18.2 Å². The van der Waals surface area contributed by atoms with Crippen LogP contribution in [0.5, 0.6) is 0 Å². The standard InChI is InChI=1S/C14H22N4O3/c1-14(2)4-3-5-15-11(14)12(19)16-6-7-18-8-10(13(20)21)17-9-18/h8-9,11,15H,3-7H2,1-2H3,(H,16,19)(H,20,21). The summed E-state index contributed by atoms with van der Waals surface area (Å²) in [6, 6.07) is -0.177. The fourth-order valence-corrected chi connectivity index (χ4v) is 2.66. The van der Waals surface area contributed by atoms with Crippen LogP contribution in [0.3, 0.4) is 0 Å². The summed E-state index contributed by atoms with van der Waals surface area (Å²) in [6.45, 7) is 6.00. The van der Waals surface area contributed by atoms with E-state index in [-0.39, 0.29) is 23.1 Å². The van der Waals surface area contributed by atoms with Gasteiger partial charge in [-0.3, -0.25) is 4.79 Å². The molecule has 0 aromatic carbocycles. The monoisotopic (exact) mass is 294 g/mol. The first kappa shape index (κ1) is 15.5. The van der Waals surface area contributed by atoms with Crippen LogP contribution in [0.4, 0.5) is 0 Å². The molecular formula is C14H22N4O3. The first-order valence-electron chi connectivity index (χ1n) is 7.16. The number of aromatic carboxylic acids is 1. The molecule has 0 spiro atoms. The van der Waals surface area contributed by atoms with Gasteiger partial charge in [-0.05, 0) is 24.8 Å². The fourth-order valence-electron chi connectivity index (χ4n) is 2.66. The SMILES string of the molecule is CC1(C)CCCNC1C(=O)NCCn1cnc(C(=O)O)c1. The van der Waals surface area contributed by atoms with Gasteiger partial charge in [0.25, 0.3) is 0 Å². The van der Waals surface area contributed by atoms with Crippen LogP contribution in [0.15, 0.2) is 12.5 Å². The lowest BCUT2D eigenvalue weighted by atomic mass is 9.77. The zero-order valence-electron chi connectivity index (χ0n) is 12.4. The Morgan fingerprint density at radius 2 is 2.33 bits per heavy atom. The van der Waals surface area contributed by atoms with Crippen LogP contribution in [-0.2, 0) is 11.3 Å². The van der Waals surface area contributed by atoms with Gasteiger partial charge in [0.1, 0.15) is 0 Å². The molecule has 1 aliphatic heterocycles. The second-order valence-electron chi connectivity index (χ2n) is 6.07. The number of hydrogen-bond acceptors (Lipinski definition) is 4. The van der Waals surface area contributed by atoms with Crippen LogP contribution in [0.25, 0.3) is 0 Å². The van der Waals surface area contributed by atoms with E-state index in [9.17, 15) is 9.59 Å². The normalized spacial score (nSPS) is 21.0. The summed E-state index contributed by atoms with van der Waals surface area (Å²) in [5.41, 5.74) is -0.0372. The number of carbonyl (C=O) groups excluding carboxylic acids is 1. The van der Waals surface area contributed by atoms with Gasteiger partial charge in [0.15, 0.2) is 5.69 Å². The second-order valence-corrected chi connectivity index (χ2v) is 6.07. The van der Waals surface area contributed by atoms with E-state index in [1.165, 1.54) is 12.5 Å². The zero-order valence-corrected chi connectivity index (χ0v) is 12.4. The summed E-state index contributed by atoms with van der Waals surface area (Å²) in [4.78, 5) is 26.7. The molecule has 3 N–H and O–H groups in total. The minimum atomic E-state index is -1.05. The predicted molar refractivity (Wildman–Crippen MR) is 77.0 cm³/mol. The Bertz CT molecular complexity index is 524. The fraction of sp³-hybridized carbons (Fsp3) is 0.643. The lowest BCUT2D eigenvalue weighted by Gasteiger charge is -2.38. The molecule has 1 unspecified atom stereocenters. The Labute approximate surface area is 123 Å². The van der Waals surface area contributed by atoms with Crippen LogP contribution in [0.2, 0.25) is 0 Å². The van der Waals surface area contributed by atoms with Gasteiger partial charge in [-0.1, -0.05) is 13.8 Å². The molecule has 1 amide bonds. The van der Waals surface area contributed by atoms with Crippen molar-refractivity contribution in [2.45, 2.75) is 39.3 Å². The molecule has 1 atom stereocenters. The van der Waals surface area contributed by atoms with Crippen molar-refractivity contribution >= 4 is 11.9 Å². The van der Waals surface area contributed by atoms with E-state index < -0.39 is 5.97 Å². The lowest BCUT2D eigenvalue weighted by Crippen LogP contribution is -2.55. The van der Waals surface area contributed by atoms with E-state index >= 15 is 0 Å². The van der Waals surface area contributed by atoms with E-state index in [1.54, 1.807) is 4.57 Å². The summed E-state index contributed by atoms with van der Waals surface area (Å²) in [7, 11) is 0. The third-order valence-electron chi connectivity index (χ3n) is 3.91. The number of nitrogens with zero attached hydrogens (tertiary/aromatic N) is 2. The maximum Gasteiger partial charge on any atom is 0.356 e. The van der Waals surface area contributed by atoms with Crippen molar-refractivity contribution in [3.8, 4) is 0 Å². The summed E-state index contributed by atoms with van der Waals surface area (Å²) in [5, 5.41) is 15.0. The van der Waals surface area contributed by atoms with Gasteiger partial charge >= 0.3 is 5.97 Å². The van der Waals surface area contributed by atoms with E-state index in [0.29, 0.717) is 13.1 Å². The van der Waals surface area contributed by atoms with Crippen LogP contribution in [-0.4, -0.2) is 45.7 Å². The second kappa shape index (κ2) is 6.26. The maximum absolute atomic E-state index is 12.2. The number of amides is 1. The Kier molecular flexibility index (Phi) is 4.62. The number of carboxylic acid groups (broad SMARTS) is 1. The molecule has 21 heavy (non-hydrogen) atoms. The van der Waals surface area contributed by atoms with Gasteiger partial charge in [-0.25, -0.2) is 9.78 Å². The average Bonchev–Trinajstić information content (AvgIpc) is 2.87.